The lowest BCUT2D eigenvalue weighted by Gasteiger charge is -2.06. The van der Waals surface area contributed by atoms with Crippen molar-refractivity contribution in [1.29, 1.82) is 0 Å². The predicted molar refractivity (Wildman–Crippen MR) is 101 cm³/mol. The van der Waals surface area contributed by atoms with Crippen molar-refractivity contribution in [3.8, 4) is 0 Å². The van der Waals surface area contributed by atoms with Crippen LogP contribution in [0.15, 0.2) is 72.8 Å². The number of ketones is 2. The van der Waals surface area contributed by atoms with Gasteiger partial charge in [-0.1, -0.05) is 60.2 Å². The zero-order valence-electron chi connectivity index (χ0n) is 15.5. The first kappa shape index (κ1) is 21.0. The molecular formula is C23H22INO2. The van der Waals surface area contributed by atoms with Gasteiger partial charge in [0, 0.05) is 23.3 Å². The zero-order chi connectivity index (χ0) is 18.5. The number of aryl methyl sites for hydroxylation is 1. The highest BCUT2D eigenvalue weighted by molar-refractivity contribution is 5.97. The molecule has 1 aromatic heterocycles. The maximum absolute atomic E-state index is 12.6. The lowest BCUT2D eigenvalue weighted by molar-refractivity contribution is -0.685. The summed E-state index contributed by atoms with van der Waals surface area (Å²) in [6.07, 6.45) is 0.625. The van der Waals surface area contributed by atoms with Crippen LogP contribution in [0.3, 0.4) is 0 Å². The van der Waals surface area contributed by atoms with Crippen molar-refractivity contribution in [3.05, 3.63) is 101 Å². The minimum absolute atomic E-state index is 0. The number of carbonyl (C=O) groups is 2. The number of carbonyl (C=O) groups excluding carboxylic acids is 2. The van der Waals surface area contributed by atoms with E-state index in [4.69, 9.17) is 0 Å². The number of rotatable bonds is 6. The molecule has 0 N–H and O–H groups in total. The summed E-state index contributed by atoms with van der Waals surface area (Å²) in [5, 5.41) is 0. The van der Waals surface area contributed by atoms with Crippen LogP contribution in [0.2, 0.25) is 0 Å². The molecule has 3 rings (SSSR count). The van der Waals surface area contributed by atoms with E-state index in [2.05, 4.69) is 0 Å². The van der Waals surface area contributed by atoms with Crippen LogP contribution in [0.1, 0.15) is 37.7 Å². The lowest BCUT2D eigenvalue weighted by atomic mass is 10.0. The van der Waals surface area contributed by atoms with Crippen LogP contribution in [-0.4, -0.2) is 11.6 Å². The molecule has 0 fully saturated rings. The summed E-state index contributed by atoms with van der Waals surface area (Å²) >= 11 is 0. The van der Waals surface area contributed by atoms with Gasteiger partial charge in [0.15, 0.2) is 23.0 Å². The van der Waals surface area contributed by atoms with E-state index in [0.29, 0.717) is 24.0 Å². The number of halogens is 1. The molecule has 0 spiro atoms. The van der Waals surface area contributed by atoms with Gasteiger partial charge in [-0.3, -0.25) is 9.59 Å². The van der Waals surface area contributed by atoms with Gasteiger partial charge in [-0.2, -0.15) is 0 Å². The van der Waals surface area contributed by atoms with Crippen molar-refractivity contribution in [2.45, 2.75) is 19.8 Å². The first-order valence-electron chi connectivity index (χ1n) is 8.69. The smallest absolute Gasteiger partial charge is 0.189 e. The monoisotopic (exact) mass is 471 g/mol. The van der Waals surface area contributed by atoms with Crippen LogP contribution < -0.4 is 28.5 Å². The first-order chi connectivity index (χ1) is 12.5. The SMILES string of the molecule is Cc1ccc(C(=O)Cc2cccc(CC(=O)c3ccccc3)[n+]2C)cc1.[I-]. The average molecular weight is 471 g/mol. The molecule has 27 heavy (non-hydrogen) atoms. The molecule has 0 bridgehead atoms. The Morgan fingerprint density at radius 3 is 1.70 bits per heavy atom. The Kier molecular flexibility index (Phi) is 7.42. The largest absolute Gasteiger partial charge is 1.00 e. The molecule has 4 heteroatoms. The Bertz CT molecular complexity index is 934. The summed E-state index contributed by atoms with van der Waals surface area (Å²) in [5.41, 5.74) is 4.34. The van der Waals surface area contributed by atoms with Crippen LogP contribution in [-0.2, 0) is 19.9 Å². The van der Waals surface area contributed by atoms with Gasteiger partial charge in [-0.25, -0.2) is 4.57 Å². The summed E-state index contributed by atoms with van der Waals surface area (Å²) < 4.78 is 1.95. The van der Waals surface area contributed by atoms with Crippen molar-refractivity contribution in [2.24, 2.45) is 7.05 Å². The molecule has 0 amide bonds. The lowest BCUT2D eigenvalue weighted by Crippen LogP contribution is -3.00. The molecule has 2 aromatic carbocycles. The van der Waals surface area contributed by atoms with Gasteiger partial charge in [-0.05, 0) is 13.0 Å². The van der Waals surface area contributed by atoms with E-state index in [-0.39, 0.29) is 35.5 Å². The highest BCUT2D eigenvalue weighted by Gasteiger charge is 2.19. The van der Waals surface area contributed by atoms with E-state index in [9.17, 15) is 9.59 Å². The van der Waals surface area contributed by atoms with Crippen LogP contribution >= 0.6 is 0 Å². The van der Waals surface area contributed by atoms with E-state index >= 15 is 0 Å². The quantitative estimate of drug-likeness (QED) is 0.301. The van der Waals surface area contributed by atoms with E-state index in [1.54, 1.807) is 0 Å². The summed E-state index contributed by atoms with van der Waals surface area (Å²) in [5.74, 6) is 0.148. The standard InChI is InChI=1S/C23H22NO2.HI/c1-17-11-13-19(14-12-17)23(26)16-21-10-6-9-20(24(21)2)15-22(25)18-7-4-3-5-8-18;/h3-14H,15-16H2,1-2H3;1H/q+1;/p-1. The molecule has 0 atom stereocenters. The topological polar surface area (TPSA) is 38.0 Å². The van der Waals surface area contributed by atoms with Crippen molar-refractivity contribution in [2.75, 3.05) is 0 Å². The number of hydrogen-bond donors (Lipinski definition) is 0. The molecule has 0 aliphatic carbocycles. The number of nitrogens with zero attached hydrogens (tertiary/aromatic N) is 1. The molecule has 3 nitrogen and oxygen atoms in total. The van der Waals surface area contributed by atoms with Crippen LogP contribution in [0.4, 0.5) is 0 Å². The second kappa shape index (κ2) is 9.55. The third-order valence-electron chi connectivity index (χ3n) is 4.59. The Morgan fingerprint density at radius 1 is 0.704 bits per heavy atom. The summed E-state index contributed by atoms with van der Waals surface area (Å²) in [6.45, 7) is 2.00. The van der Waals surface area contributed by atoms with Crippen LogP contribution in [0.25, 0.3) is 0 Å². The van der Waals surface area contributed by atoms with E-state index in [1.165, 1.54) is 0 Å². The molecule has 138 valence electrons. The van der Waals surface area contributed by atoms with Gasteiger partial charge in [-0.15, -0.1) is 0 Å². The van der Waals surface area contributed by atoms with Crippen molar-refractivity contribution >= 4 is 11.6 Å². The number of Topliss-reactive ketones (excluding diaryl/α,β-unsaturated/α-hetero) is 2. The van der Waals surface area contributed by atoms with E-state index < -0.39 is 0 Å². The summed E-state index contributed by atoms with van der Waals surface area (Å²) in [6, 6.07) is 22.7. The second-order valence-electron chi connectivity index (χ2n) is 6.50. The maximum atomic E-state index is 12.6. The van der Waals surface area contributed by atoms with E-state index in [0.717, 1.165) is 17.0 Å². The van der Waals surface area contributed by atoms with Gasteiger partial charge in [0.05, 0.1) is 12.8 Å². The fraction of sp³-hybridized carbons (Fsp3) is 0.174. The van der Waals surface area contributed by atoms with Gasteiger partial charge < -0.3 is 24.0 Å². The molecule has 0 radical (unpaired) electrons. The molecule has 0 saturated carbocycles. The zero-order valence-corrected chi connectivity index (χ0v) is 17.6. The van der Waals surface area contributed by atoms with Gasteiger partial charge in [0.25, 0.3) is 0 Å². The number of hydrogen-bond acceptors (Lipinski definition) is 2. The Balaban J connectivity index is 0.00000261. The van der Waals surface area contributed by atoms with Crippen LogP contribution in [0.5, 0.6) is 0 Å². The van der Waals surface area contributed by atoms with E-state index in [1.807, 2.05) is 91.3 Å². The number of aromatic nitrogens is 1. The van der Waals surface area contributed by atoms with Gasteiger partial charge in [0.2, 0.25) is 0 Å². The third-order valence-corrected chi connectivity index (χ3v) is 4.59. The molecule has 0 unspecified atom stereocenters. The highest BCUT2D eigenvalue weighted by Crippen LogP contribution is 2.09. The normalized spacial score (nSPS) is 10.1. The molecule has 0 saturated heterocycles. The number of benzene rings is 2. The Hall–Kier alpha value is -2.34. The molecule has 0 aliphatic rings. The predicted octanol–water partition coefficient (Wildman–Crippen LogP) is 0.674. The highest BCUT2D eigenvalue weighted by atomic mass is 127. The minimum Gasteiger partial charge on any atom is -1.00 e. The van der Waals surface area contributed by atoms with Crippen molar-refractivity contribution in [3.63, 3.8) is 0 Å². The first-order valence-corrected chi connectivity index (χ1v) is 8.69. The molecule has 1 heterocycles. The van der Waals surface area contributed by atoms with Gasteiger partial charge >= 0.3 is 0 Å². The summed E-state index contributed by atoms with van der Waals surface area (Å²) in [4.78, 5) is 25.0. The average Bonchev–Trinajstić information content (AvgIpc) is 2.66. The maximum Gasteiger partial charge on any atom is 0.189 e. The molecule has 3 aromatic rings. The second-order valence-corrected chi connectivity index (χ2v) is 6.50. The fourth-order valence-corrected chi connectivity index (χ4v) is 2.93. The molecular weight excluding hydrogens is 449 g/mol. The minimum atomic E-state index is 0. The van der Waals surface area contributed by atoms with Crippen molar-refractivity contribution in [1.82, 2.24) is 0 Å². The fourth-order valence-electron chi connectivity index (χ4n) is 2.93. The molecule has 0 aliphatic heterocycles. The van der Waals surface area contributed by atoms with Gasteiger partial charge in [0.1, 0.15) is 7.05 Å². The van der Waals surface area contributed by atoms with Crippen molar-refractivity contribution < 1.29 is 38.1 Å². The Morgan fingerprint density at radius 2 is 1.19 bits per heavy atom. The third kappa shape index (κ3) is 5.32. The Labute approximate surface area is 177 Å². The van der Waals surface area contributed by atoms with Crippen LogP contribution in [0, 0.1) is 6.92 Å². The summed E-state index contributed by atoms with van der Waals surface area (Å²) in [7, 11) is 1.91. The number of pyridine rings is 1.